The van der Waals surface area contributed by atoms with Gasteiger partial charge < -0.3 is 9.67 Å². The minimum absolute atomic E-state index is 0.198. The molecule has 0 amide bonds. The molecule has 0 bridgehead atoms. The van der Waals surface area contributed by atoms with Gasteiger partial charge in [0.1, 0.15) is 0 Å². The standard InChI is InChI=1S/C19H19NO/c21-13-11-17-16-10-4-8-15-9-5-12-20(18(15)16)19(17)14-6-2-1-3-7-14/h1-4,6-8,10,21H,5,9,11-13H2. The van der Waals surface area contributed by atoms with Crippen LogP contribution in [0.4, 0.5) is 0 Å². The number of hydrogen-bond acceptors (Lipinski definition) is 1. The molecule has 0 fully saturated rings. The lowest BCUT2D eigenvalue weighted by atomic mass is 10.0. The molecular formula is C19H19NO. The van der Waals surface area contributed by atoms with E-state index in [0.717, 1.165) is 19.4 Å². The van der Waals surface area contributed by atoms with E-state index in [1.165, 1.54) is 39.7 Å². The second kappa shape index (κ2) is 5.05. The highest BCUT2D eigenvalue weighted by atomic mass is 16.2. The van der Waals surface area contributed by atoms with Crippen LogP contribution in [0.1, 0.15) is 17.5 Å². The Kier molecular flexibility index (Phi) is 3.04. The summed E-state index contributed by atoms with van der Waals surface area (Å²) >= 11 is 0. The summed E-state index contributed by atoms with van der Waals surface area (Å²) in [7, 11) is 0. The maximum absolute atomic E-state index is 9.51. The van der Waals surface area contributed by atoms with E-state index in [0.29, 0.717) is 0 Å². The number of hydrogen-bond donors (Lipinski definition) is 1. The van der Waals surface area contributed by atoms with Crippen molar-refractivity contribution in [3.8, 4) is 11.3 Å². The second-order valence-corrected chi connectivity index (χ2v) is 5.74. The molecule has 1 N–H and O–H groups in total. The number of para-hydroxylation sites is 1. The lowest BCUT2D eigenvalue weighted by Gasteiger charge is -2.18. The van der Waals surface area contributed by atoms with E-state index >= 15 is 0 Å². The Morgan fingerprint density at radius 3 is 2.67 bits per heavy atom. The fourth-order valence-corrected chi connectivity index (χ4v) is 3.70. The van der Waals surface area contributed by atoms with Crippen LogP contribution in [0.15, 0.2) is 48.5 Å². The molecule has 1 aromatic heterocycles. The van der Waals surface area contributed by atoms with E-state index in [1.54, 1.807) is 0 Å². The van der Waals surface area contributed by atoms with Crippen molar-refractivity contribution >= 4 is 10.9 Å². The first-order chi connectivity index (χ1) is 10.4. The fourth-order valence-electron chi connectivity index (χ4n) is 3.70. The SMILES string of the molecule is OCCc1c(-c2ccccc2)n2c3c(cccc13)CCC2. The normalized spacial score (nSPS) is 13.8. The summed E-state index contributed by atoms with van der Waals surface area (Å²) in [5, 5.41) is 10.8. The van der Waals surface area contributed by atoms with E-state index < -0.39 is 0 Å². The summed E-state index contributed by atoms with van der Waals surface area (Å²) in [5.74, 6) is 0. The van der Waals surface area contributed by atoms with Crippen molar-refractivity contribution in [3.63, 3.8) is 0 Å². The predicted octanol–water partition coefficient (Wildman–Crippen LogP) is 3.79. The van der Waals surface area contributed by atoms with Gasteiger partial charge in [-0.05, 0) is 36.0 Å². The van der Waals surface area contributed by atoms with Crippen molar-refractivity contribution in [2.75, 3.05) is 6.61 Å². The number of aryl methyl sites for hydroxylation is 2. The fraction of sp³-hybridized carbons (Fsp3) is 0.263. The minimum Gasteiger partial charge on any atom is -0.396 e. The van der Waals surface area contributed by atoms with E-state index in [-0.39, 0.29) is 6.61 Å². The molecule has 0 unspecified atom stereocenters. The number of rotatable bonds is 3. The average molecular weight is 277 g/mol. The number of aromatic nitrogens is 1. The molecule has 0 saturated carbocycles. The molecule has 0 saturated heterocycles. The Morgan fingerprint density at radius 2 is 1.86 bits per heavy atom. The Morgan fingerprint density at radius 1 is 1.00 bits per heavy atom. The van der Waals surface area contributed by atoms with Crippen LogP contribution < -0.4 is 0 Å². The van der Waals surface area contributed by atoms with Crippen LogP contribution in [-0.2, 0) is 19.4 Å². The van der Waals surface area contributed by atoms with E-state index in [9.17, 15) is 5.11 Å². The van der Waals surface area contributed by atoms with Gasteiger partial charge >= 0.3 is 0 Å². The Hall–Kier alpha value is -2.06. The third-order valence-corrected chi connectivity index (χ3v) is 4.51. The third-order valence-electron chi connectivity index (χ3n) is 4.51. The van der Waals surface area contributed by atoms with Crippen molar-refractivity contribution in [2.45, 2.75) is 25.8 Å². The number of aliphatic hydroxyl groups is 1. The molecule has 0 radical (unpaired) electrons. The molecule has 1 aliphatic rings. The summed E-state index contributed by atoms with van der Waals surface area (Å²) in [6, 6.07) is 17.2. The zero-order chi connectivity index (χ0) is 14.2. The monoisotopic (exact) mass is 277 g/mol. The van der Waals surface area contributed by atoms with Gasteiger partial charge in [0.05, 0.1) is 11.2 Å². The largest absolute Gasteiger partial charge is 0.396 e. The van der Waals surface area contributed by atoms with Crippen LogP contribution in [0.5, 0.6) is 0 Å². The summed E-state index contributed by atoms with van der Waals surface area (Å²) in [6.07, 6.45) is 3.07. The molecule has 1 aliphatic heterocycles. The molecule has 0 atom stereocenters. The van der Waals surface area contributed by atoms with Gasteiger partial charge in [-0.25, -0.2) is 0 Å². The van der Waals surface area contributed by atoms with Gasteiger partial charge in [-0.15, -0.1) is 0 Å². The summed E-state index contributed by atoms with van der Waals surface area (Å²) in [4.78, 5) is 0. The van der Waals surface area contributed by atoms with Gasteiger partial charge in [0.25, 0.3) is 0 Å². The van der Waals surface area contributed by atoms with Crippen LogP contribution in [0, 0.1) is 0 Å². The zero-order valence-electron chi connectivity index (χ0n) is 12.0. The molecule has 2 aromatic carbocycles. The molecule has 4 rings (SSSR count). The number of benzene rings is 2. The van der Waals surface area contributed by atoms with E-state index in [2.05, 4.69) is 53.1 Å². The highest BCUT2D eigenvalue weighted by Crippen LogP contribution is 2.38. The molecular weight excluding hydrogens is 258 g/mol. The van der Waals surface area contributed by atoms with Gasteiger partial charge in [0, 0.05) is 18.5 Å². The lowest BCUT2D eigenvalue weighted by Crippen LogP contribution is -2.08. The van der Waals surface area contributed by atoms with Crippen LogP contribution >= 0.6 is 0 Å². The quantitative estimate of drug-likeness (QED) is 0.774. The highest BCUT2D eigenvalue weighted by Gasteiger charge is 2.22. The second-order valence-electron chi connectivity index (χ2n) is 5.74. The van der Waals surface area contributed by atoms with Crippen LogP contribution in [0.3, 0.4) is 0 Å². The molecule has 2 heterocycles. The average Bonchev–Trinajstić information content (AvgIpc) is 2.85. The topological polar surface area (TPSA) is 25.2 Å². The molecule has 3 aromatic rings. The third kappa shape index (κ3) is 1.90. The van der Waals surface area contributed by atoms with E-state index in [1.807, 2.05) is 0 Å². The van der Waals surface area contributed by atoms with Gasteiger partial charge in [-0.2, -0.15) is 0 Å². The highest BCUT2D eigenvalue weighted by molar-refractivity contribution is 5.94. The molecule has 106 valence electrons. The number of aliphatic hydroxyl groups excluding tert-OH is 1. The summed E-state index contributed by atoms with van der Waals surface area (Å²) < 4.78 is 2.47. The molecule has 2 nitrogen and oxygen atoms in total. The predicted molar refractivity (Wildman–Crippen MR) is 86.5 cm³/mol. The first-order valence-corrected chi connectivity index (χ1v) is 7.69. The molecule has 0 spiro atoms. The van der Waals surface area contributed by atoms with Gasteiger partial charge in [-0.3, -0.25) is 0 Å². The van der Waals surface area contributed by atoms with Crippen LogP contribution in [-0.4, -0.2) is 16.3 Å². The maximum atomic E-state index is 9.51. The van der Waals surface area contributed by atoms with Crippen molar-refractivity contribution in [2.24, 2.45) is 0 Å². The van der Waals surface area contributed by atoms with Crippen molar-refractivity contribution in [1.82, 2.24) is 4.57 Å². The van der Waals surface area contributed by atoms with Crippen molar-refractivity contribution < 1.29 is 5.11 Å². The summed E-state index contributed by atoms with van der Waals surface area (Å²) in [6.45, 7) is 1.27. The smallest absolute Gasteiger partial charge is 0.0524 e. The molecule has 2 heteroatoms. The van der Waals surface area contributed by atoms with Crippen LogP contribution in [0.2, 0.25) is 0 Å². The van der Waals surface area contributed by atoms with Crippen LogP contribution in [0.25, 0.3) is 22.2 Å². The Labute approximate surface area is 124 Å². The Balaban J connectivity index is 2.09. The summed E-state index contributed by atoms with van der Waals surface area (Å²) in [5.41, 5.74) is 6.67. The zero-order valence-corrected chi connectivity index (χ0v) is 12.0. The van der Waals surface area contributed by atoms with Gasteiger partial charge in [0.15, 0.2) is 0 Å². The first-order valence-electron chi connectivity index (χ1n) is 7.69. The van der Waals surface area contributed by atoms with Crippen molar-refractivity contribution in [3.05, 3.63) is 59.7 Å². The van der Waals surface area contributed by atoms with Gasteiger partial charge in [-0.1, -0.05) is 48.5 Å². The Bertz CT molecular complexity index is 786. The van der Waals surface area contributed by atoms with Crippen molar-refractivity contribution in [1.29, 1.82) is 0 Å². The maximum Gasteiger partial charge on any atom is 0.0524 e. The minimum atomic E-state index is 0.198. The first kappa shape index (κ1) is 12.7. The van der Waals surface area contributed by atoms with Gasteiger partial charge in [0.2, 0.25) is 0 Å². The lowest BCUT2D eigenvalue weighted by molar-refractivity contribution is 0.300. The molecule has 21 heavy (non-hydrogen) atoms. The molecule has 0 aliphatic carbocycles. The van der Waals surface area contributed by atoms with E-state index in [4.69, 9.17) is 0 Å². The number of nitrogens with zero attached hydrogens (tertiary/aromatic N) is 1.